The molecule has 0 radical (unpaired) electrons. The van der Waals surface area contributed by atoms with Crippen LogP contribution >= 0.6 is 23.2 Å². The number of benzene rings is 2. The molecule has 0 bridgehead atoms. The van der Waals surface area contributed by atoms with Gasteiger partial charge in [-0.1, -0.05) is 0 Å². The molecule has 0 unspecified atom stereocenters. The van der Waals surface area contributed by atoms with Gasteiger partial charge in [0, 0.05) is 73.1 Å². The Labute approximate surface area is 254 Å². The van der Waals surface area contributed by atoms with Gasteiger partial charge in [0.25, 0.3) is 11.8 Å². The highest BCUT2D eigenvalue weighted by Gasteiger charge is 2.15. The number of aromatic nitrogens is 4. The average molecular weight is 606 g/mol. The standard InChI is InChI=1S/C31H31Cl2N7O2/c1-38-13-3-4-21(19-38)18-34-30(41)23-7-10-26-27(16-23)37-29(36-26)28-17-24(20-39(28)2)35-31(42)22-5-8-25(9-6-22)40(14-11-32)15-12-33/h3-10,13,16-17,19-20H,11-12,14-15,18H2,1-2H3,(H2-,34,35,36,37,41,42)/p+1. The quantitative estimate of drug-likeness (QED) is 0.148. The van der Waals surface area contributed by atoms with Crippen molar-refractivity contribution in [3.8, 4) is 11.5 Å². The molecule has 0 atom stereocenters. The fourth-order valence-electron chi connectivity index (χ4n) is 4.78. The van der Waals surface area contributed by atoms with Crippen molar-refractivity contribution in [1.29, 1.82) is 0 Å². The summed E-state index contributed by atoms with van der Waals surface area (Å²) in [4.78, 5) is 35.9. The largest absolute Gasteiger partial charge is 0.369 e. The number of fused-ring (bicyclic) bond motifs is 1. The molecule has 0 spiro atoms. The van der Waals surface area contributed by atoms with E-state index in [1.54, 1.807) is 24.3 Å². The molecule has 0 aliphatic rings. The number of nitrogens with zero attached hydrogens (tertiary/aromatic N) is 4. The highest BCUT2D eigenvalue weighted by Crippen LogP contribution is 2.26. The lowest BCUT2D eigenvalue weighted by molar-refractivity contribution is -0.671. The third-order valence-corrected chi connectivity index (χ3v) is 7.25. The molecule has 0 saturated carbocycles. The molecule has 5 aromatic rings. The summed E-state index contributed by atoms with van der Waals surface area (Å²) in [6, 6.07) is 18.5. The number of pyridine rings is 1. The molecule has 5 rings (SSSR count). The van der Waals surface area contributed by atoms with Crippen molar-refractivity contribution in [2.24, 2.45) is 14.1 Å². The molecule has 2 aromatic carbocycles. The molecule has 3 aromatic heterocycles. The predicted molar refractivity (Wildman–Crippen MR) is 167 cm³/mol. The number of hydrogen-bond donors (Lipinski definition) is 3. The first-order valence-electron chi connectivity index (χ1n) is 13.5. The average Bonchev–Trinajstić information content (AvgIpc) is 3.58. The van der Waals surface area contributed by atoms with Gasteiger partial charge < -0.3 is 25.1 Å². The number of halogens is 2. The van der Waals surface area contributed by atoms with Crippen molar-refractivity contribution in [2.75, 3.05) is 35.1 Å². The third kappa shape index (κ3) is 6.75. The summed E-state index contributed by atoms with van der Waals surface area (Å²) in [5, 5.41) is 5.93. The third-order valence-electron chi connectivity index (χ3n) is 6.91. The Balaban J connectivity index is 1.27. The minimum Gasteiger partial charge on any atom is -0.369 e. The number of aromatic amines is 1. The number of imidazole rings is 1. The fraction of sp³-hybridized carbons (Fsp3) is 0.226. The van der Waals surface area contributed by atoms with Gasteiger partial charge in [-0.15, -0.1) is 23.2 Å². The first kappa shape index (κ1) is 29.2. The van der Waals surface area contributed by atoms with Gasteiger partial charge in [0.2, 0.25) is 0 Å². The summed E-state index contributed by atoms with van der Waals surface area (Å²) in [5.74, 6) is 1.23. The van der Waals surface area contributed by atoms with Crippen LogP contribution in [0.2, 0.25) is 0 Å². The number of H-pyrrole nitrogens is 1. The van der Waals surface area contributed by atoms with Crippen LogP contribution in [-0.4, -0.2) is 51.2 Å². The van der Waals surface area contributed by atoms with Crippen molar-refractivity contribution in [1.82, 2.24) is 19.9 Å². The maximum absolute atomic E-state index is 13.0. The zero-order chi connectivity index (χ0) is 29.6. The van der Waals surface area contributed by atoms with Gasteiger partial charge in [-0.05, 0) is 54.6 Å². The number of hydrogen-bond acceptors (Lipinski definition) is 4. The number of nitrogens with one attached hydrogen (secondary N) is 3. The molecule has 0 saturated heterocycles. The van der Waals surface area contributed by atoms with Gasteiger partial charge >= 0.3 is 0 Å². The molecular weight excluding hydrogens is 573 g/mol. The summed E-state index contributed by atoms with van der Waals surface area (Å²) < 4.78 is 3.83. The Bertz CT molecular complexity index is 1710. The summed E-state index contributed by atoms with van der Waals surface area (Å²) in [7, 11) is 3.83. The highest BCUT2D eigenvalue weighted by molar-refractivity contribution is 6.18. The topological polar surface area (TPSA) is 98.9 Å². The number of alkyl halides is 2. The Hall–Kier alpha value is -4.34. The van der Waals surface area contributed by atoms with E-state index in [9.17, 15) is 9.59 Å². The van der Waals surface area contributed by atoms with Crippen LogP contribution in [0.4, 0.5) is 11.4 Å². The molecule has 216 valence electrons. The van der Waals surface area contributed by atoms with Gasteiger partial charge in [0.1, 0.15) is 7.05 Å². The van der Waals surface area contributed by atoms with Crippen LogP contribution < -0.4 is 20.1 Å². The number of carbonyl (C=O) groups excluding carboxylic acids is 2. The monoisotopic (exact) mass is 604 g/mol. The van der Waals surface area contributed by atoms with Crippen LogP contribution in [0.1, 0.15) is 26.3 Å². The molecule has 9 nitrogen and oxygen atoms in total. The van der Waals surface area contributed by atoms with Gasteiger partial charge in [0.05, 0.1) is 22.4 Å². The Kier molecular flexibility index (Phi) is 9.09. The van der Waals surface area contributed by atoms with Crippen LogP contribution in [0.5, 0.6) is 0 Å². The van der Waals surface area contributed by atoms with E-state index in [0.717, 1.165) is 28.0 Å². The van der Waals surface area contributed by atoms with Crippen molar-refractivity contribution in [3.63, 3.8) is 0 Å². The van der Waals surface area contributed by atoms with E-state index >= 15 is 0 Å². The van der Waals surface area contributed by atoms with Crippen LogP contribution in [0.15, 0.2) is 79.3 Å². The molecule has 3 heterocycles. The minimum absolute atomic E-state index is 0.165. The first-order chi connectivity index (χ1) is 20.3. The molecule has 3 N–H and O–H groups in total. The van der Waals surface area contributed by atoms with Crippen LogP contribution in [0.3, 0.4) is 0 Å². The maximum Gasteiger partial charge on any atom is 0.255 e. The second-order valence-corrected chi connectivity index (χ2v) is 10.7. The molecule has 11 heteroatoms. The number of anilines is 2. The Morgan fingerprint density at radius 3 is 2.45 bits per heavy atom. The molecule has 0 fully saturated rings. The Morgan fingerprint density at radius 1 is 1.00 bits per heavy atom. The van der Waals surface area contributed by atoms with Crippen LogP contribution in [0, 0.1) is 0 Å². The maximum atomic E-state index is 13.0. The molecule has 2 amide bonds. The second-order valence-electron chi connectivity index (χ2n) is 9.97. The normalized spacial score (nSPS) is 11.0. The summed E-state index contributed by atoms with van der Waals surface area (Å²) in [5.41, 5.74) is 5.96. The smallest absolute Gasteiger partial charge is 0.255 e. The van der Waals surface area contributed by atoms with E-state index in [2.05, 4.69) is 20.5 Å². The zero-order valence-electron chi connectivity index (χ0n) is 23.4. The van der Waals surface area contributed by atoms with Crippen molar-refractivity contribution in [3.05, 3.63) is 95.9 Å². The lowest BCUT2D eigenvalue weighted by Gasteiger charge is -2.22. The molecule has 42 heavy (non-hydrogen) atoms. The van der Waals surface area contributed by atoms with E-state index in [-0.39, 0.29) is 11.8 Å². The van der Waals surface area contributed by atoms with E-state index in [1.807, 2.05) is 78.2 Å². The minimum atomic E-state index is -0.218. The van der Waals surface area contributed by atoms with Crippen molar-refractivity contribution >= 4 is 57.4 Å². The van der Waals surface area contributed by atoms with E-state index < -0.39 is 0 Å². The lowest BCUT2D eigenvalue weighted by atomic mass is 10.1. The Morgan fingerprint density at radius 2 is 1.74 bits per heavy atom. The lowest BCUT2D eigenvalue weighted by Crippen LogP contribution is -2.29. The molecule has 0 aliphatic heterocycles. The van der Waals surface area contributed by atoms with E-state index in [1.165, 1.54) is 0 Å². The summed E-state index contributed by atoms with van der Waals surface area (Å²) >= 11 is 11.8. The number of aryl methyl sites for hydroxylation is 2. The van der Waals surface area contributed by atoms with Crippen molar-refractivity contribution in [2.45, 2.75) is 6.54 Å². The van der Waals surface area contributed by atoms with Crippen molar-refractivity contribution < 1.29 is 14.2 Å². The van der Waals surface area contributed by atoms with Crippen LogP contribution in [-0.2, 0) is 20.6 Å². The number of carbonyl (C=O) groups is 2. The van der Waals surface area contributed by atoms with Crippen LogP contribution in [0.25, 0.3) is 22.6 Å². The van der Waals surface area contributed by atoms with E-state index in [4.69, 9.17) is 28.2 Å². The van der Waals surface area contributed by atoms with E-state index in [0.29, 0.717) is 54.0 Å². The van der Waals surface area contributed by atoms with Gasteiger partial charge in [0.15, 0.2) is 18.2 Å². The SMILES string of the molecule is Cn1cc(NC(=O)c2ccc(N(CCCl)CCCl)cc2)cc1-c1nc2ccc(C(=O)NCc3ccc[n+](C)c3)cc2[nH]1. The number of rotatable bonds is 11. The summed E-state index contributed by atoms with van der Waals surface area (Å²) in [6.45, 7) is 1.79. The number of amides is 2. The summed E-state index contributed by atoms with van der Waals surface area (Å²) in [6.07, 6.45) is 5.75. The second kappa shape index (κ2) is 13.1. The molecular formula is C31H32Cl2N7O2+. The predicted octanol–water partition coefficient (Wildman–Crippen LogP) is 4.86. The first-order valence-corrected chi connectivity index (χ1v) is 14.6. The van der Waals surface area contributed by atoms with Gasteiger partial charge in [-0.2, -0.15) is 0 Å². The highest BCUT2D eigenvalue weighted by atomic mass is 35.5. The molecule has 0 aliphatic carbocycles. The van der Waals surface area contributed by atoms with Gasteiger partial charge in [-0.25, -0.2) is 9.55 Å². The fourth-order valence-corrected chi connectivity index (χ4v) is 5.19. The van der Waals surface area contributed by atoms with Gasteiger partial charge in [-0.3, -0.25) is 9.59 Å². The zero-order valence-corrected chi connectivity index (χ0v) is 24.9.